The third-order valence-corrected chi connectivity index (χ3v) is 1.59. The molecule has 12 heavy (non-hydrogen) atoms. The molecule has 0 bridgehead atoms. The number of carbonyl (C=O) groups is 1. The van der Waals surface area contributed by atoms with Gasteiger partial charge in [0.15, 0.2) is 0 Å². The first kappa shape index (κ1) is 11.4. The Kier molecular flexibility index (Phi) is 6.76. The summed E-state index contributed by atoms with van der Waals surface area (Å²) in [6.45, 7) is 6.25. The first-order valence-electron chi connectivity index (χ1n) is 4.48. The number of esters is 1. The molecule has 0 heterocycles. The molecule has 0 aliphatic carbocycles. The third-order valence-electron chi connectivity index (χ3n) is 1.59. The second-order valence-corrected chi connectivity index (χ2v) is 3.00. The summed E-state index contributed by atoms with van der Waals surface area (Å²) < 4.78 is 4.80. The third kappa shape index (κ3) is 7.54. The number of carbonyl (C=O) groups excluding carboxylic acids is 1. The van der Waals surface area contributed by atoms with Gasteiger partial charge < -0.3 is 9.64 Å². The van der Waals surface area contributed by atoms with Crippen LogP contribution < -0.4 is 0 Å². The lowest BCUT2D eigenvalue weighted by Gasteiger charge is -2.14. The number of ether oxygens (including phenoxy) is 1. The summed E-state index contributed by atoms with van der Waals surface area (Å²) in [5.41, 5.74) is 0. The number of nitrogens with zero attached hydrogens (tertiary/aromatic N) is 1. The fourth-order valence-electron chi connectivity index (χ4n) is 1.04. The summed E-state index contributed by atoms with van der Waals surface area (Å²) >= 11 is 0. The summed E-state index contributed by atoms with van der Waals surface area (Å²) in [5.74, 6) is -0.187. The zero-order valence-corrected chi connectivity index (χ0v) is 8.30. The van der Waals surface area contributed by atoms with Crippen LogP contribution >= 0.6 is 0 Å². The molecular formula is C9H19NO2. The predicted molar refractivity (Wildman–Crippen MR) is 49.0 cm³/mol. The van der Waals surface area contributed by atoms with Crippen molar-refractivity contribution in [3.63, 3.8) is 0 Å². The average molecular weight is 173 g/mol. The SMILES string of the molecule is CCCN(C)CCCOC(C)=O. The fraction of sp³-hybridized carbons (Fsp3) is 0.889. The first-order chi connectivity index (χ1) is 5.66. The highest BCUT2D eigenvalue weighted by molar-refractivity contribution is 5.65. The van der Waals surface area contributed by atoms with Gasteiger partial charge in [-0.05, 0) is 26.4 Å². The van der Waals surface area contributed by atoms with Crippen molar-refractivity contribution in [2.45, 2.75) is 26.7 Å². The van der Waals surface area contributed by atoms with Crippen LogP contribution in [-0.2, 0) is 9.53 Å². The van der Waals surface area contributed by atoms with E-state index >= 15 is 0 Å². The first-order valence-corrected chi connectivity index (χ1v) is 4.48. The highest BCUT2D eigenvalue weighted by Gasteiger charge is 1.96. The molecule has 0 aromatic rings. The second-order valence-electron chi connectivity index (χ2n) is 3.00. The molecular weight excluding hydrogens is 154 g/mol. The van der Waals surface area contributed by atoms with Crippen LogP contribution in [0.2, 0.25) is 0 Å². The van der Waals surface area contributed by atoms with Crippen molar-refractivity contribution in [1.82, 2.24) is 4.90 Å². The maximum absolute atomic E-state index is 10.4. The van der Waals surface area contributed by atoms with Crippen molar-refractivity contribution >= 4 is 5.97 Å². The van der Waals surface area contributed by atoms with Crippen LogP contribution in [0.4, 0.5) is 0 Å². The van der Waals surface area contributed by atoms with E-state index in [1.807, 2.05) is 0 Å². The van der Waals surface area contributed by atoms with Gasteiger partial charge in [0.2, 0.25) is 0 Å². The molecule has 0 saturated heterocycles. The number of rotatable bonds is 6. The molecule has 3 nitrogen and oxygen atoms in total. The van der Waals surface area contributed by atoms with Gasteiger partial charge >= 0.3 is 5.97 Å². The highest BCUT2D eigenvalue weighted by atomic mass is 16.5. The van der Waals surface area contributed by atoms with Gasteiger partial charge in [0, 0.05) is 13.5 Å². The molecule has 0 unspecified atom stereocenters. The Morgan fingerprint density at radius 1 is 1.42 bits per heavy atom. The van der Waals surface area contributed by atoms with Crippen LogP contribution in [0.3, 0.4) is 0 Å². The van der Waals surface area contributed by atoms with E-state index in [0.29, 0.717) is 6.61 Å². The van der Waals surface area contributed by atoms with Crippen molar-refractivity contribution in [3.05, 3.63) is 0 Å². The molecule has 0 spiro atoms. The smallest absolute Gasteiger partial charge is 0.302 e. The van der Waals surface area contributed by atoms with E-state index < -0.39 is 0 Å². The topological polar surface area (TPSA) is 29.5 Å². The summed E-state index contributed by atoms with van der Waals surface area (Å²) in [5, 5.41) is 0. The summed E-state index contributed by atoms with van der Waals surface area (Å²) in [7, 11) is 2.08. The van der Waals surface area contributed by atoms with Crippen LogP contribution in [0.15, 0.2) is 0 Å². The minimum absolute atomic E-state index is 0.187. The van der Waals surface area contributed by atoms with Gasteiger partial charge in [-0.15, -0.1) is 0 Å². The van der Waals surface area contributed by atoms with E-state index in [0.717, 1.165) is 19.5 Å². The molecule has 0 aromatic heterocycles. The Balaban J connectivity index is 3.13. The highest BCUT2D eigenvalue weighted by Crippen LogP contribution is 1.90. The van der Waals surface area contributed by atoms with E-state index in [2.05, 4.69) is 18.9 Å². The van der Waals surface area contributed by atoms with Crippen molar-refractivity contribution < 1.29 is 9.53 Å². The van der Waals surface area contributed by atoms with E-state index in [9.17, 15) is 4.79 Å². The minimum Gasteiger partial charge on any atom is -0.466 e. The van der Waals surface area contributed by atoms with Gasteiger partial charge in [-0.1, -0.05) is 6.92 Å². The molecule has 0 aliphatic heterocycles. The lowest BCUT2D eigenvalue weighted by molar-refractivity contribution is -0.141. The molecule has 0 rings (SSSR count). The van der Waals surface area contributed by atoms with Crippen molar-refractivity contribution in [1.29, 1.82) is 0 Å². The normalized spacial score (nSPS) is 10.3. The zero-order valence-electron chi connectivity index (χ0n) is 8.30. The minimum atomic E-state index is -0.187. The van der Waals surface area contributed by atoms with Crippen molar-refractivity contribution in [2.24, 2.45) is 0 Å². The van der Waals surface area contributed by atoms with Crippen LogP contribution in [0.5, 0.6) is 0 Å². The molecule has 0 N–H and O–H groups in total. The maximum atomic E-state index is 10.4. The standard InChI is InChI=1S/C9H19NO2/c1-4-6-10(3)7-5-8-12-9(2)11/h4-8H2,1-3H3. The molecule has 0 radical (unpaired) electrons. The molecule has 0 atom stereocenters. The van der Waals surface area contributed by atoms with Gasteiger partial charge in [0.1, 0.15) is 0 Å². The molecule has 0 aromatic carbocycles. The van der Waals surface area contributed by atoms with Gasteiger partial charge in [-0.25, -0.2) is 0 Å². The van der Waals surface area contributed by atoms with Crippen LogP contribution in [0.25, 0.3) is 0 Å². The summed E-state index contributed by atoms with van der Waals surface area (Å²) in [4.78, 5) is 12.6. The largest absolute Gasteiger partial charge is 0.466 e. The Hall–Kier alpha value is -0.570. The fourth-order valence-corrected chi connectivity index (χ4v) is 1.04. The van der Waals surface area contributed by atoms with Crippen LogP contribution in [0, 0.1) is 0 Å². The Labute approximate surface area is 74.7 Å². The molecule has 0 saturated carbocycles. The van der Waals surface area contributed by atoms with Crippen LogP contribution in [-0.4, -0.2) is 37.6 Å². The van der Waals surface area contributed by atoms with Crippen molar-refractivity contribution in [2.75, 3.05) is 26.7 Å². The van der Waals surface area contributed by atoms with Gasteiger partial charge in [-0.2, -0.15) is 0 Å². The monoisotopic (exact) mass is 173 g/mol. The predicted octanol–water partition coefficient (Wildman–Crippen LogP) is 1.28. The lowest BCUT2D eigenvalue weighted by Crippen LogP contribution is -2.21. The maximum Gasteiger partial charge on any atom is 0.302 e. The summed E-state index contributed by atoms with van der Waals surface area (Å²) in [6, 6.07) is 0. The molecule has 0 fully saturated rings. The van der Waals surface area contributed by atoms with E-state index in [1.54, 1.807) is 0 Å². The Bertz CT molecular complexity index is 126. The number of hydrogen-bond acceptors (Lipinski definition) is 3. The quantitative estimate of drug-likeness (QED) is 0.447. The van der Waals surface area contributed by atoms with Crippen molar-refractivity contribution in [3.8, 4) is 0 Å². The van der Waals surface area contributed by atoms with Crippen LogP contribution in [0.1, 0.15) is 26.7 Å². The zero-order chi connectivity index (χ0) is 9.40. The Morgan fingerprint density at radius 3 is 2.58 bits per heavy atom. The van der Waals surface area contributed by atoms with Gasteiger partial charge in [-0.3, -0.25) is 4.79 Å². The van der Waals surface area contributed by atoms with E-state index in [4.69, 9.17) is 4.74 Å². The molecule has 0 aliphatic rings. The van der Waals surface area contributed by atoms with Gasteiger partial charge in [0.25, 0.3) is 0 Å². The summed E-state index contributed by atoms with van der Waals surface area (Å²) in [6.07, 6.45) is 2.10. The van der Waals surface area contributed by atoms with Gasteiger partial charge in [0.05, 0.1) is 6.61 Å². The van der Waals surface area contributed by atoms with E-state index in [1.165, 1.54) is 13.3 Å². The number of hydrogen-bond donors (Lipinski definition) is 0. The average Bonchev–Trinajstić information content (AvgIpc) is 1.98. The Morgan fingerprint density at radius 2 is 2.08 bits per heavy atom. The molecule has 72 valence electrons. The van der Waals surface area contributed by atoms with E-state index in [-0.39, 0.29) is 5.97 Å². The second kappa shape index (κ2) is 7.10. The molecule has 0 amide bonds. The lowest BCUT2D eigenvalue weighted by atomic mass is 10.4. The molecule has 3 heteroatoms.